The summed E-state index contributed by atoms with van der Waals surface area (Å²) in [4.78, 5) is 30.6. The highest BCUT2D eigenvalue weighted by atomic mass is 32.2. The molecule has 1 aromatic carbocycles. The number of aromatic carboxylic acids is 1. The third-order valence-corrected chi connectivity index (χ3v) is 6.09. The fraction of sp³-hybridized carbons (Fsp3) is 0.211. The SMILES string of the molecule is Cc1ccc(S(=O)(=O)Oc2cc3n(c(=O)c2)[C@H](c2[nH]cnc2C(=O)O)CC3)cc1. The Morgan fingerprint density at radius 2 is 2.00 bits per heavy atom. The summed E-state index contributed by atoms with van der Waals surface area (Å²) in [7, 11) is -4.08. The van der Waals surface area contributed by atoms with Crippen molar-refractivity contribution < 1.29 is 22.5 Å². The molecule has 0 saturated heterocycles. The Morgan fingerprint density at radius 1 is 1.28 bits per heavy atom. The van der Waals surface area contributed by atoms with Gasteiger partial charge in [-0.15, -0.1) is 0 Å². The zero-order valence-corrected chi connectivity index (χ0v) is 16.1. The van der Waals surface area contributed by atoms with E-state index in [1.54, 1.807) is 12.1 Å². The number of aryl methyl sites for hydroxylation is 2. The molecule has 2 aromatic heterocycles. The lowest BCUT2D eigenvalue weighted by atomic mass is 10.1. The number of rotatable bonds is 5. The van der Waals surface area contributed by atoms with Crippen molar-refractivity contribution in [3.8, 4) is 5.75 Å². The number of fused-ring (bicyclic) bond motifs is 1. The van der Waals surface area contributed by atoms with Gasteiger partial charge in [0.1, 0.15) is 10.6 Å². The molecule has 0 unspecified atom stereocenters. The first kappa shape index (κ1) is 18.9. The summed E-state index contributed by atoms with van der Waals surface area (Å²) in [5.74, 6) is -1.27. The highest BCUT2D eigenvalue weighted by molar-refractivity contribution is 7.87. The predicted octanol–water partition coefficient (Wildman–Crippen LogP) is 1.88. The Hall–Kier alpha value is -3.40. The van der Waals surface area contributed by atoms with Gasteiger partial charge in [0.25, 0.3) is 5.56 Å². The van der Waals surface area contributed by atoms with Crippen molar-refractivity contribution in [1.82, 2.24) is 14.5 Å². The van der Waals surface area contributed by atoms with E-state index in [-0.39, 0.29) is 16.3 Å². The molecule has 3 heterocycles. The average molecular weight is 415 g/mol. The van der Waals surface area contributed by atoms with Crippen molar-refractivity contribution in [2.24, 2.45) is 0 Å². The Bertz CT molecular complexity index is 1260. The van der Waals surface area contributed by atoms with E-state index < -0.39 is 27.7 Å². The third kappa shape index (κ3) is 3.42. The van der Waals surface area contributed by atoms with Gasteiger partial charge >= 0.3 is 16.1 Å². The van der Waals surface area contributed by atoms with Gasteiger partial charge in [-0.25, -0.2) is 9.78 Å². The van der Waals surface area contributed by atoms with Gasteiger partial charge in [-0.05, 0) is 31.9 Å². The Morgan fingerprint density at radius 3 is 2.69 bits per heavy atom. The maximum atomic E-state index is 12.7. The van der Waals surface area contributed by atoms with E-state index in [1.165, 1.54) is 29.1 Å². The van der Waals surface area contributed by atoms with Gasteiger partial charge in [-0.3, -0.25) is 4.79 Å². The van der Waals surface area contributed by atoms with Crippen molar-refractivity contribution in [1.29, 1.82) is 0 Å². The first-order valence-electron chi connectivity index (χ1n) is 8.79. The largest absolute Gasteiger partial charge is 0.476 e. The number of benzene rings is 1. The van der Waals surface area contributed by atoms with Crippen LogP contribution in [0.1, 0.15) is 39.9 Å². The smallest absolute Gasteiger partial charge is 0.356 e. The highest BCUT2D eigenvalue weighted by Gasteiger charge is 2.31. The van der Waals surface area contributed by atoms with Crippen LogP contribution in [0.15, 0.2) is 52.4 Å². The molecular formula is C19H17N3O6S. The number of H-pyrrole nitrogens is 1. The zero-order valence-electron chi connectivity index (χ0n) is 15.3. The van der Waals surface area contributed by atoms with Crippen molar-refractivity contribution in [2.45, 2.75) is 30.7 Å². The minimum atomic E-state index is -4.08. The van der Waals surface area contributed by atoms with Crippen LogP contribution in [0.2, 0.25) is 0 Å². The molecule has 29 heavy (non-hydrogen) atoms. The van der Waals surface area contributed by atoms with Crippen LogP contribution in [-0.4, -0.2) is 34.0 Å². The quantitative estimate of drug-likeness (QED) is 0.608. The first-order valence-corrected chi connectivity index (χ1v) is 10.2. The van der Waals surface area contributed by atoms with Gasteiger partial charge < -0.3 is 18.8 Å². The van der Waals surface area contributed by atoms with Crippen LogP contribution in [-0.2, 0) is 16.5 Å². The maximum Gasteiger partial charge on any atom is 0.356 e. The van der Waals surface area contributed by atoms with Crippen LogP contribution >= 0.6 is 0 Å². The van der Waals surface area contributed by atoms with Crippen molar-refractivity contribution >= 4 is 16.1 Å². The van der Waals surface area contributed by atoms with Gasteiger partial charge in [0, 0.05) is 17.8 Å². The Balaban J connectivity index is 1.68. The molecule has 150 valence electrons. The van der Waals surface area contributed by atoms with Crippen LogP contribution in [0.4, 0.5) is 0 Å². The van der Waals surface area contributed by atoms with E-state index in [0.717, 1.165) is 11.6 Å². The van der Waals surface area contributed by atoms with Crippen LogP contribution in [0.3, 0.4) is 0 Å². The number of nitrogens with zero attached hydrogens (tertiary/aromatic N) is 2. The molecule has 0 fully saturated rings. The van der Waals surface area contributed by atoms with E-state index in [4.69, 9.17) is 4.18 Å². The number of carbonyl (C=O) groups is 1. The van der Waals surface area contributed by atoms with E-state index in [2.05, 4.69) is 9.97 Å². The number of aromatic amines is 1. The fourth-order valence-electron chi connectivity index (χ4n) is 3.50. The van der Waals surface area contributed by atoms with E-state index in [9.17, 15) is 23.1 Å². The van der Waals surface area contributed by atoms with Gasteiger partial charge in [0.05, 0.1) is 18.1 Å². The standard InChI is InChI=1S/C19H17N3O6S/c1-11-2-5-14(6-3-11)29(26,27)28-13-8-12-4-7-15(22(12)16(23)9-13)17-18(19(24)25)21-10-20-17/h2-3,5-6,8-10,15H,4,7H2,1H3,(H,20,21)(H,24,25)/t15-/m0/s1. The van der Waals surface area contributed by atoms with E-state index >= 15 is 0 Å². The van der Waals surface area contributed by atoms with Gasteiger partial charge in [0.2, 0.25) is 0 Å². The zero-order chi connectivity index (χ0) is 20.8. The van der Waals surface area contributed by atoms with Gasteiger partial charge in [-0.1, -0.05) is 17.7 Å². The molecule has 4 rings (SSSR count). The molecule has 1 aliphatic heterocycles. The molecule has 1 aliphatic rings. The van der Waals surface area contributed by atoms with Gasteiger partial charge in [0.15, 0.2) is 5.69 Å². The topological polar surface area (TPSA) is 131 Å². The molecule has 0 amide bonds. The number of nitrogens with one attached hydrogen (secondary N) is 1. The molecule has 0 aliphatic carbocycles. The predicted molar refractivity (Wildman–Crippen MR) is 102 cm³/mol. The lowest BCUT2D eigenvalue weighted by Gasteiger charge is -2.15. The minimum absolute atomic E-state index is 0.00913. The monoisotopic (exact) mass is 415 g/mol. The molecular weight excluding hydrogens is 398 g/mol. The molecule has 3 aromatic rings. The lowest BCUT2D eigenvalue weighted by molar-refractivity contribution is 0.0689. The Labute approximate surface area is 165 Å². The summed E-state index contributed by atoms with van der Waals surface area (Å²) in [6, 6.07) is 8.24. The van der Waals surface area contributed by atoms with E-state index in [0.29, 0.717) is 24.2 Å². The van der Waals surface area contributed by atoms with Crippen molar-refractivity contribution in [2.75, 3.05) is 0 Å². The average Bonchev–Trinajstić information content (AvgIpc) is 3.28. The van der Waals surface area contributed by atoms with Crippen molar-refractivity contribution in [3.05, 3.63) is 75.7 Å². The lowest BCUT2D eigenvalue weighted by Crippen LogP contribution is -2.25. The first-order chi connectivity index (χ1) is 13.8. The molecule has 0 bridgehead atoms. The highest BCUT2D eigenvalue weighted by Crippen LogP contribution is 2.32. The number of imidazole rings is 1. The van der Waals surface area contributed by atoms with E-state index in [1.807, 2.05) is 6.92 Å². The number of hydrogen-bond donors (Lipinski definition) is 2. The van der Waals surface area contributed by atoms with Crippen molar-refractivity contribution in [3.63, 3.8) is 0 Å². The van der Waals surface area contributed by atoms with Gasteiger partial charge in [-0.2, -0.15) is 8.42 Å². The molecule has 1 atom stereocenters. The number of carboxylic acids is 1. The second-order valence-electron chi connectivity index (χ2n) is 6.77. The summed E-state index contributed by atoms with van der Waals surface area (Å²) >= 11 is 0. The van der Waals surface area contributed by atoms with Crippen LogP contribution < -0.4 is 9.74 Å². The molecule has 2 N–H and O–H groups in total. The number of hydrogen-bond acceptors (Lipinski definition) is 6. The molecule has 9 nitrogen and oxygen atoms in total. The summed E-state index contributed by atoms with van der Waals surface area (Å²) < 4.78 is 31.6. The molecule has 10 heteroatoms. The normalized spacial score (nSPS) is 15.8. The number of aromatic nitrogens is 3. The Kier molecular flexibility index (Phi) is 4.50. The van der Waals surface area contributed by atoms with Crippen LogP contribution in [0.25, 0.3) is 0 Å². The van der Waals surface area contributed by atoms with Crippen LogP contribution in [0, 0.1) is 6.92 Å². The third-order valence-electron chi connectivity index (χ3n) is 4.83. The summed E-state index contributed by atoms with van der Waals surface area (Å²) in [5.41, 5.74) is 1.18. The summed E-state index contributed by atoms with van der Waals surface area (Å²) in [5, 5.41) is 9.27. The summed E-state index contributed by atoms with van der Waals surface area (Å²) in [6.07, 6.45) is 2.21. The molecule has 0 radical (unpaired) electrons. The maximum absolute atomic E-state index is 12.7. The van der Waals surface area contributed by atoms with Crippen LogP contribution in [0.5, 0.6) is 5.75 Å². The molecule has 0 spiro atoms. The number of carboxylic acid groups (broad SMARTS) is 1. The molecule has 0 saturated carbocycles. The summed E-state index contributed by atoms with van der Waals surface area (Å²) in [6.45, 7) is 1.84. The minimum Gasteiger partial charge on any atom is -0.476 e. The fourth-order valence-corrected chi connectivity index (χ4v) is 4.41. The number of pyridine rings is 1. The second-order valence-corrected chi connectivity index (χ2v) is 8.31. The second kappa shape index (κ2) is 6.89.